The van der Waals surface area contributed by atoms with Gasteiger partial charge in [-0.25, -0.2) is 44.9 Å². The van der Waals surface area contributed by atoms with Crippen molar-refractivity contribution in [1.29, 1.82) is 0 Å². The quantitative estimate of drug-likeness (QED) is 0.166. The lowest BCUT2D eigenvalue weighted by Gasteiger charge is -2.33. The molecule has 13 aromatic rings. The average molecular weight is 1540 g/mol. The Kier molecular flexibility index (Phi) is 46.5. The lowest BCUT2D eigenvalue weighted by atomic mass is 9.68. The number of rotatable bonds is 5. The summed E-state index contributed by atoms with van der Waals surface area (Å²) in [6, 6.07) is 92.6. The number of benzene rings is 10. The summed E-state index contributed by atoms with van der Waals surface area (Å²) in [4.78, 5) is 37.0. The molecule has 115 heavy (non-hydrogen) atoms. The molecule has 4 aliphatic rings. The number of hydrogen-bond acceptors (Lipinski definition) is 9. The van der Waals surface area contributed by atoms with Crippen LogP contribution < -0.4 is 0 Å². The van der Waals surface area contributed by atoms with Crippen LogP contribution in [-0.4, -0.2) is 44.9 Å². The second kappa shape index (κ2) is 53.3. The second-order valence-electron chi connectivity index (χ2n) is 24.8. The Bertz CT molecular complexity index is 4240. The van der Waals surface area contributed by atoms with Gasteiger partial charge in [0.25, 0.3) is 0 Å². The summed E-state index contributed by atoms with van der Waals surface area (Å²) in [7, 11) is 0. The van der Waals surface area contributed by atoms with E-state index in [0.29, 0.717) is 0 Å². The fraction of sp³-hybridized carbons (Fsp3) is 0.349. The van der Waals surface area contributed by atoms with Gasteiger partial charge in [0.15, 0.2) is 0 Å². The van der Waals surface area contributed by atoms with Gasteiger partial charge in [-0.15, -0.1) is 0 Å². The molecule has 610 valence electrons. The molecular weight excluding hydrogens is 1400 g/mol. The van der Waals surface area contributed by atoms with Crippen LogP contribution >= 0.6 is 0 Å². The summed E-state index contributed by atoms with van der Waals surface area (Å²) >= 11 is 0. The maximum absolute atomic E-state index is 4.13. The van der Waals surface area contributed by atoms with E-state index in [1.807, 2.05) is 201 Å². The van der Waals surface area contributed by atoms with Crippen LogP contribution in [0.15, 0.2) is 255 Å². The standard InChI is InChI=1S/C25H16.C25H18.C15H14.3C7H11N3.10C2H6/c1-5-13-21-17(9-1)18-10-2-6-14-22(18)25(21)23-15-7-3-11-19(23)20-12-4-8-16-24(20)25;1-3-11-19(12-4-1)25(20-13-5-2-6-14-20)23-17-9-7-15-21(23)22-16-8-10-18-24(22)25;1-15(2)13-9-5-3-7-11(13)12-8-4-6-10-14(12)15;3*1-4-7-9-5(2)8-6(3)10-7;10*1-2/h1-16H;1-18H;3-10H,1-2H3;3*4H2,1-3H3;10*1-2H3. The molecule has 9 heteroatoms. The second-order valence-corrected chi connectivity index (χ2v) is 24.8. The van der Waals surface area contributed by atoms with Gasteiger partial charge in [-0.2, -0.15) is 0 Å². The zero-order valence-electron chi connectivity index (χ0n) is 76.4. The van der Waals surface area contributed by atoms with Crippen LogP contribution in [0.2, 0.25) is 0 Å². The van der Waals surface area contributed by atoms with Crippen LogP contribution in [0.5, 0.6) is 0 Å². The van der Waals surface area contributed by atoms with Gasteiger partial charge in [0.1, 0.15) is 52.4 Å². The maximum Gasteiger partial charge on any atom is 0.132 e. The highest BCUT2D eigenvalue weighted by Gasteiger charge is 2.51. The molecule has 0 N–H and O–H groups in total. The van der Waals surface area contributed by atoms with Crippen LogP contribution in [0.25, 0.3) is 44.5 Å². The van der Waals surface area contributed by atoms with Gasteiger partial charge < -0.3 is 0 Å². The predicted octanol–water partition coefficient (Wildman–Crippen LogP) is 29.5. The predicted molar refractivity (Wildman–Crippen MR) is 500 cm³/mol. The molecule has 0 atom stereocenters. The van der Waals surface area contributed by atoms with Gasteiger partial charge in [0, 0.05) is 24.7 Å². The van der Waals surface area contributed by atoms with Crippen LogP contribution in [0.4, 0.5) is 0 Å². The Morgan fingerprint density at radius 1 is 0.183 bits per heavy atom. The summed E-state index contributed by atoms with van der Waals surface area (Å²) in [6.45, 7) is 62.0. The first-order chi connectivity index (χ1) is 56.2. The minimum absolute atomic E-state index is 0.160. The van der Waals surface area contributed by atoms with Crippen molar-refractivity contribution in [3.05, 3.63) is 363 Å². The van der Waals surface area contributed by atoms with Crippen LogP contribution in [-0.2, 0) is 35.5 Å². The summed E-state index contributed by atoms with van der Waals surface area (Å²) in [5, 5.41) is 0. The molecule has 4 aliphatic carbocycles. The lowest BCUT2D eigenvalue weighted by Crippen LogP contribution is -2.28. The van der Waals surface area contributed by atoms with Crippen molar-refractivity contribution in [2.45, 2.75) is 250 Å². The number of fused-ring (bicyclic) bond motifs is 16. The molecule has 0 unspecified atom stereocenters. The molecule has 0 bridgehead atoms. The molecule has 0 amide bonds. The molecule has 0 radical (unpaired) electrons. The van der Waals surface area contributed by atoms with E-state index in [9.17, 15) is 0 Å². The molecular formula is C106H141N9. The van der Waals surface area contributed by atoms with Crippen LogP contribution in [0, 0.1) is 41.5 Å². The first-order valence-corrected chi connectivity index (χ1v) is 43.1. The smallest absolute Gasteiger partial charge is 0.132 e. The number of nitrogens with zero attached hydrogens (tertiary/aromatic N) is 9. The van der Waals surface area contributed by atoms with Crippen LogP contribution in [0.3, 0.4) is 0 Å². The molecule has 9 nitrogen and oxygen atoms in total. The molecule has 17 rings (SSSR count). The number of aryl methyl sites for hydroxylation is 9. The number of hydrogen-bond donors (Lipinski definition) is 0. The topological polar surface area (TPSA) is 116 Å². The Hall–Kier alpha value is -10.8. The van der Waals surface area contributed by atoms with Crippen molar-refractivity contribution in [2.24, 2.45) is 0 Å². The van der Waals surface area contributed by atoms with Crippen molar-refractivity contribution in [1.82, 2.24) is 44.9 Å². The molecule has 1 spiro atoms. The summed E-state index contributed by atoms with van der Waals surface area (Å²) in [5.41, 5.74) is 24.6. The molecule has 0 saturated carbocycles. The largest absolute Gasteiger partial charge is 0.219 e. The first-order valence-electron chi connectivity index (χ1n) is 43.1. The third-order valence-electron chi connectivity index (χ3n) is 18.4. The molecule has 3 heterocycles. The van der Waals surface area contributed by atoms with Crippen molar-refractivity contribution < 1.29 is 0 Å². The Morgan fingerprint density at radius 3 is 0.513 bits per heavy atom. The van der Waals surface area contributed by atoms with E-state index in [4.69, 9.17) is 0 Å². The maximum atomic E-state index is 4.13. The van der Waals surface area contributed by atoms with Crippen molar-refractivity contribution in [2.75, 3.05) is 0 Å². The third kappa shape index (κ3) is 23.7. The number of aromatic nitrogens is 9. The van der Waals surface area contributed by atoms with E-state index in [1.165, 1.54) is 100 Å². The summed E-state index contributed by atoms with van der Waals surface area (Å²) < 4.78 is 0. The normalized spacial score (nSPS) is 11.4. The Labute approximate surface area is 698 Å². The van der Waals surface area contributed by atoms with E-state index in [1.54, 1.807) is 0 Å². The van der Waals surface area contributed by atoms with Gasteiger partial charge >= 0.3 is 0 Å². The molecule has 0 saturated heterocycles. The zero-order valence-corrected chi connectivity index (χ0v) is 76.4. The fourth-order valence-corrected chi connectivity index (χ4v) is 14.6. The first kappa shape index (κ1) is 100. The van der Waals surface area contributed by atoms with Crippen molar-refractivity contribution in [3.8, 4) is 44.5 Å². The minimum Gasteiger partial charge on any atom is -0.219 e. The van der Waals surface area contributed by atoms with Gasteiger partial charge in [-0.05, 0) is 142 Å². The van der Waals surface area contributed by atoms with E-state index in [0.717, 1.165) is 71.7 Å². The van der Waals surface area contributed by atoms with Crippen molar-refractivity contribution >= 4 is 0 Å². The van der Waals surface area contributed by atoms with Gasteiger partial charge in [0.05, 0.1) is 10.8 Å². The van der Waals surface area contributed by atoms with E-state index >= 15 is 0 Å². The van der Waals surface area contributed by atoms with Gasteiger partial charge in [-0.3, -0.25) is 0 Å². The minimum atomic E-state index is -0.254. The highest BCUT2D eigenvalue weighted by molar-refractivity contribution is 5.95. The van der Waals surface area contributed by atoms with Crippen LogP contribution in [0.1, 0.15) is 281 Å². The Balaban J connectivity index is 0.000000464. The summed E-state index contributed by atoms with van der Waals surface area (Å²) in [6.07, 6.45) is 2.64. The highest BCUT2D eigenvalue weighted by Crippen LogP contribution is 2.63. The molecule has 0 aliphatic heterocycles. The molecule has 10 aromatic carbocycles. The zero-order chi connectivity index (χ0) is 86.3. The monoisotopic (exact) mass is 1540 g/mol. The van der Waals surface area contributed by atoms with Crippen molar-refractivity contribution in [3.63, 3.8) is 0 Å². The fourth-order valence-electron chi connectivity index (χ4n) is 14.6. The van der Waals surface area contributed by atoms with Gasteiger partial charge in [-0.1, -0.05) is 428 Å². The average Bonchev–Trinajstić information content (AvgIpc) is 1.52. The van der Waals surface area contributed by atoms with Gasteiger partial charge in [0.2, 0.25) is 0 Å². The van der Waals surface area contributed by atoms with E-state index in [2.05, 4.69) is 313 Å². The van der Waals surface area contributed by atoms with E-state index in [-0.39, 0.29) is 16.2 Å². The van der Waals surface area contributed by atoms with E-state index < -0.39 is 0 Å². The highest BCUT2D eigenvalue weighted by atomic mass is 15.0. The molecule has 3 aromatic heterocycles. The SMILES string of the molecule is CC.CC.CC.CC.CC.CC.CC.CC.CC.CC.CC1(C)c2ccccc2-c2ccccc21.CCc1nc(C)nc(C)n1.CCc1nc(C)nc(C)n1.CCc1nc(C)nc(C)n1.c1ccc(C2(c3ccccc3)c3ccccc3-c3ccccc32)cc1.c1ccc2c(c1)-c1ccccc1C21c2ccccc2-c2ccccc21. The summed E-state index contributed by atoms with van der Waals surface area (Å²) in [5.74, 6) is 7.50. The Morgan fingerprint density at radius 2 is 0.330 bits per heavy atom. The third-order valence-corrected chi connectivity index (χ3v) is 18.4. The molecule has 0 fully saturated rings. The lowest BCUT2D eigenvalue weighted by molar-refractivity contribution is 0.660.